The van der Waals surface area contributed by atoms with E-state index < -0.39 is 5.92 Å². The maximum Gasteiger partial charge on any atom is 0.230 e. The standard InChI is InChI=1S/C25H22FN5O2S/c1-15-4-3-5-20(10-15)30-13-18(12-23(30)32)24(33)28-22-11-16(2)29-31(22)25-27-21(14-34-25)17-6-8-19(26)9-7-17/h3-11,14,18H,12-13H2,1-2H3,(H,28,33). The van der Waals surface area contributed by atoms with Crippen molar-refractivity contribution in [3.63, 3.8) is 0 Å². The lowest BCUT2D eigenvalue weighted by atomic mass is 10.1. The summed E-state index contributed by atoms with van der Waals surface area (Å²) in [6, 6.07) is 15.6. The molecular weight excluding hydrogens is 453 g/mol. The number of nitrogens with zero attached hydrogens (tertiary/aromatic N) is 4. The van der Waals surface area contributed by atoms with Crippen LogP contribution in [0.3, 0.4) is 0 Å². The maximum atomic E-state index is 13.2. The first kappa shape index (κ1) is 22.0. The van der Waals surface area contributed by atoms with Crippen molar-refractivity contribution in [1.29, 1.82) is 0 Å². The smallest absolute Gasteiger partial charge is 0.230 e. The zero-order valence-corrected chi connectivity index (χ0v) is 19.5. The monoisotopic (exact) mass is 475 g/mol. The lowest BCUT2D eigenvalue weighted by Crippen LogP contribution is -2.28. The average molecular weight is 476 g/mol. The first-order valence-corrected chi connectivity index (χ1v) is 11.7. The molecule has 0 spiro atoms. The normalized spacial score (nSPS) is 15.7. The third-order valence-electron chi connectivity index (χ3n) is 5.71. The van der Waals surface area contributed by atoms with Gasteiger partial charge in [0.25, 0.3) is 0 Å². The predicted molar refractivity (Wildman–Crippen MR) is 130 cm³/mol. The van der Waals surface area contributed by atoms with Gasteiger partial charge in [-0.05, 0) is 55.8 Å². The third kappa shape index (κ3) is 4.34. The second kappa shape index (κ2) is 8.83. The van der Waals surface area contributed by atoms with Gasteiger partial charge in [0.1, 0.15) is 11.6 Å². The molecule has 1 N–H and O–H groups in total. The first-order valence-electron chi connectivity index (χ1n) is 10.8. The van der Waals surface area contributed by atoms with E-state index in [1.807, 2.05) is 43.5 Å². The number of amides is 2. The van der Waals surface area contributed by atoms with E-state index in [9.17, 15) is 14.0 Å². The SMILES string of the molecule is Cc1cccc(N2CC(C(=O)Nc3cc(C)nn3-c3nc(-c4ccc(F)cc4)cs3)CC2=O)c1. The van der Waals surface area contributed by atoms with Crippen LogP contribution in [0.2, 0.25) is 0 Å². The van der Waals surface area contributed by atoms with Crippen LogP contribution in [0.5, 0.6) is 0 Å². The molecule has 2 aromatic carbocycles. The Morgan fingerprint density at radius 2 is 1.94 bits per heavy atom. The molecule has 34 heavy (non-hydrogen) atoms. The Morgan fingerprint density at radius 3 is 2.71 bits per heavy atom. The Morgan fingerprint density at radius 1 is 1.15 bits per heavy atom. The van der Waals surface area contributed by atoms with Crippen LogP contribution in [0.15, 0.2) is 60.0 Å². The number of anilines is 2. The Labute approximate surface area is 199 Å². The number of hydrogen-bond donors (Lipinski definition) is 1. The van der Waals surface area contributed by atoms with Crippen LogP contribution in [-0.2, 0) is 9.59 Å². The molecule has 1 saturated heterocycles. The highest BCUT2D eigenvalue weighted by molar-refractivity contribution is 7.12. The van der Waals surface area contributed by atoms with Crippen molar-refractivity contribution in [2.75, 3.05) is 16.8 Å². The van der Waals surface area contributed by atoms with Gasteiger partial charge in [0.15, 0.2) is 0 Å². The molecule has 1 unspecified atom stereocenters. The van der Waals surface area contributed by atoms with Gasteiger partial charge in [0, 0.05) is 35.7 Å². The number of carbonyl (C=O) groups is 2. The summed E-state index contributed by atoms with van der Waals surface area (Å²) in [5, 5.41) is 9.85. The molecule has 0 saturated carbocycles. The van der Waals surface area contributed by atoms with Gasteiger partial charge in [-0.25, -0.2) is 9.37 Å². The second-order valence-corrected chi connectivity index (χ2v) is 9.18. The van der Waals surface area contributed by atoms with E-state index in [0.29, 0.717) is 23.2 Å². The summed E-state index contributed by atoms with van der Waals surface area (Å²) in [4.78, 5) is 31.9. The Bertz CT molecular complexity index is 1380. The van der Waals surface area contributed by atoms with Crippen LogP contribution in [0.1, 0.15) is 17.7 Å². The van der Waals surface area contributed by atoms with Gasteiger partial charge in [-0.1, -0.05) is 12.1 Å². The van der Waals surface area contributed by atoms with E-state index in [2.05, 4.69) is 15.4 Å². The molecule has 2 aromatic heterocycles. The Kier molecular flexibility index (Phi) is 5.70. The lowest BCUT2D eigenvalue weighted by molar-refractivity contribution is -0.122. The number of carbonyl (C=O) groups excluding carboxylic acids is 2. The number of hydrogen-bond acceptors (Lipinski definition) is 5. The van der Waals surface area contributed by atoms with Crippen molar-refractivity contribution in [3.8, 4) is 16.4 Å². The minimum atomic E-state index is -0.470. The van der Waals surface area contributed by atoms with Crippen LogP contribution in [0.25, 0.3) is 16.4 Å². The molecule has 1 aliphatic heterocycles. The van der Waals surface area contributed by atoms with Crippen LogP contribution >= 0.6 is 11.3 Å². The maximum absolute atomic E-state index is 13.2. The molecule has 1 fully saturated rings. The van der Waals surface area contributed by atoms with E-state index in [0.717, 1.165) is 22.5 Å². The summed E-state index contributed by atoms with van der Waals surface area (Å²) in [6.45, 7) is 4.13. The molecule has 2 amide bonds. The third-order valence-corrected chi connectivity index (χ3v) is 6.52. The highest BCUT2D eigenvalue weighted by atomic mass is 32.1. The molecule has 0 bridgehead atoms. The highest BCUT2D eigenvalue weighted by Gasteiger charge is 2.35. The van der Waals surface area contributed by atoms with E-state index in [1.165, 1.54) is 23.5 Å². The molecule has 9 heteroatoms. The number of aryl methyl sites for hydroxylation is 2. The number of nitrogens with one attached hydrogen (secondary N) is 1. The van der Waals surface area contributed by atoms with E-state index >= 15 is 0 Å². The minimum absolute atomic E-state index is 0.0701. The van der Waals surface area contributed by atoms with Gasteiger partial charge in [0.05, 0.1) is 17.3 Å². The highest BCUT2D eigenvalue weighted by Crippen LogP contribution is 2.29. The molecule has 5 rings (SSSR count). The average Bonchev–Trinajstić information content (AvgIpc) is 3.53. The second-order valence-electron chi connectivity index (χ2n) is 8.34. The molecule has 0 aliphatic carbocycles. The van der Waals surface area contributed by atoms with Crippen LogP contribution in [-0.4, -0.2) is 33.1 Å². The largest absolute Gasteiger partial charge is 0.312 e. The fourth-order valence-electron chi connectivity index (χ4n) is 4.01. The number of aromatic nitrogens is 3. The van der Waals surface area contributed by atoms with Gasteiger partial charge in [-0.15, -0.1) is 11.3 Å². The van der Waals surface area contributed by atoms with Crippen LogP contribution in [0, 0.1) is 25.6 Å². The first-order chi connectivity index (χ1) is 16.4. The van der Waals surface area contributed by atoms with Gasteiger partial charge < -0.3 is 10.2 Å². The van der Waals surface area contributed by atoms with Crippen molar-refractivity contribution >= 4 is 34.7 Å². The van der Waals surface area contributed by atoms with Crippen molar-refractivity contribution < 1.29 is 14.0 Å². The van der Waals surface area contributed by atoms with Crippen LogP contribution in [0.4, 0.5) is 15.9 Å². The van der Waals surface area contributed by atoms with Gasteiger partial charge >= 0.3 is 0 Å². The van der Waals surface area contributed by atoms with E-state index in [-0.39, 0.29) is 24.1 Å². The van der Waals surface area contributed by atoms with Crippen LogP contribution < -0.4 is 10.2 Å². The van der Waals surface area contributed by atoms with Crippen molar-refractivity contribution in [3.05, 3.63) is 77.1 Å². The molecule has 7 nitrogen and oxygen atoms in total. The zero-order chi connectivity index (χ0) is 23.8. The molecule has 1 aliphatic rings. The number of thiazole rings is 1. The quantitative estimate of drug-likeness (QED) is 0.452. The Balaban J connectivity index is 1.34. The van der Waals surface area contributed by atoms with Gasteiger partial charge in [-0.3, -0.25) is 9.59 Å². The number of benzene rings is 2. The molecular formula is C25H22FN5O2S. The molecule has 4 aromatic rings. The summed E-state index contributed by atoms with van der Waals surface area (Å²) in [7, 11) is 0. The van der Waals surface area contributed by atoms with E-state index in [4.69, 9.17) is 0 Å². The fourth-order valence-corrected chi connectivity index (χ4v) is 4.80. The molecule has 172 valence electrons. The van der Waals surface area contributed by atoms with E-state index in [1.54, 1.807) is 27.8 Å². The predicted octanol–water partition coefficient (Wildman–Crippen LogP) is 4.74. The van der Waals surface area contributed by atoms with Crippen molar-refractivity contribution in [2.24, 2.45) is 5.92 Å². The molecule has 0 radical (unpaired) electrons. The molecule has 3 heterocycles. The van der Waals surface area contributed by atoms with Crippen molar-refractivity contribution in [1.82, 2.24) is 14.8 Å². The fraction of sp³-hybridized carbons (Fsp3) is 0.200. The summed E-state index contributed by atoms with van der Waals surface area (Å²) >= 11 is 1.37. The summed E-state index contributed by atoms with van der Waals surface area (Å²) in [5.41, 5.74) is 4.07. The topological polar surface area (TPSA) is 80.1 Å². The summed E-state index contributed by atoms with van der Waals surface area (Å²) in [5.74, 6) is -0.593. The lowest BCUT2D eigenvalue weighted by Gasteiger charge is -2.17. The van der Waals surface area contributed by atoms with Gasteiger partial charge in [0.2, 0.25) is 16.9 Å². The zero-order valence-electron chi connectivity index (χ0n) is 18.7. The summed E-state index contributed by atoms with van der Waals surface area (Å²) < 4.78 is 14.8. The number of halogens is 1. The minimum Gasteiger partial charge on any atom is -0.312 e. The Hall–Kier alpha value is -3.85. The van der Waals surface area contributed by atoms with Crippen molar-refractivity contribution in [2.45, 2.75) is 20.3 Å². The summed E-state index contributed by atoms with van der Waals surface area (Å²) in [6.07, 6.45) is 0.152. The van der Waals surface area contributed by atoms with Gasteiger partial charge in [-0.2, -0.15) is 9.78 Å². The molecule has 1 atom stereocenters. The number of rotatable bonds is 5.